The van der Waals surface area contributed by atoms with Gasteiger partial charge in [-0.25, -0.2) is 0 Å². The SMILES string of the molecule is CCC(C)(C)NC[C@@H]1C[C@H]2C=C[C@H]1C2. The molecule has 0 aromatic rings. The van der Waals surface area contributed by atoms with E-state index in [4.69, 9.17) is 0 Å². The third-order valence-corrected chi connectivity index (χ3v) is 4.14. The van der Waals surface area contributed by atoms with Crippen LogP contribution in [0.1, 0.15) is 40.0 Å². The van der Waals surface area contributed by atoms with Crippen molar-refractivity contribution in [3.05, 3.63) is 12.2 Å². The third kappa shape index (κ3) is 2.03. The molecule has 0 saturated heterocycles. The summed E-state index contributed by atoms with van der Waals surface area (Å²) in [6, 6.07) is 0. The highest BCUT2D eigenvalue weighted by Crippen LogP contribution is 2.43. The quantitative estimate of drug-likeness (QED) is 0.677. The Hall–Kier alpha value is -0.300. The van der Waals surface area contributed by atoms with Gasteiger partial charge in [0.25, 0.3) is 0 Å². The molecule has 0 amide bonds. The van der Waals surface area contributed by atoms with Crippen molar-refractivity contribution in [1.29, 1.82) is 0 Å². The van der Waals surface area contributed by atoms with Crippen molar-refractivity contribution in [3.63, 3.8) is 0 Å². The minimum absolute atomic E-state index is 0.325. The molecule has 0 spiro atoms. The minimum atomic E-state index is 0.325. The Bertz CT molecular complexity index is 229. The minimum Gasteiger partial charge on any atom is -0.312 e. The van der Waals surface area contributed by atoms with Gasteiger partial charge in [0, 0.05) is 5.54 Å². The summed E-state index contributed by atoms with van der Waals surface area (Å²) in [7, 11) is 0. The topological polar surface area (TPSA) is 12.0 Å². The van der Waals surface area contributed by atoms with E-state index in [0.29, 0.717) is 5.54 Å². The van der Waals surface area contributed by atoms with Gasteiger partial charge in [0.05, 0.1) is 0 Å². The number of hydrogen-bond acceptors (Lipinski definition) is 1. The van der Waals surface area contributed by atoms with Crippen molar-refractivity contribution >= 4 is 0 Å². The molecule has 2 aliphatic carbocycles. The molecule has 2 bridgehead atoms. The van der Waals surface area contributed by atoms with Crippen molar-refractivity contribution in [3.8, 4) is 0 Å². The molecule has 0 aliphatic heterocycles. The summed E-state index contributed by atoms with van der Waals surface area (Å²) in [6.07, 6.45) is 8.93. The van der Waals surface area contributed by atoms with Gasteiger partial charge in [-0.05, 0) is 57.4 Å². The maximum absolute atomic E-state index is 3.70. The Morgan fingerprint density at radius 1 is 1.29 bits per heavy atom. The van der Waals surface area contributed by atoms with Crippen LogP contribution < -0.4 is 5.32 Å². The first kappa shape index (κ1) is 10.2. The van der Waals surface area contributed by atoms with E-state index in [0.717, 1.165) is 17.8 Å². The molecule has 0 heterocycles. The third-order valence-electron chi connectivity index (χ3n) is 4.14. The number of allylic oxidation sites excluding steroid dienone is 2. The predicted molar refractivity (Wildman–Crippen MR) is 61.2 cm³/mol. The zero-order valence-corrected chi connectivity index (χ0v) is 9.72. The van der Waals surface area contributed by atoms with Gasteiger partial charge in [0.2, 0.25) is 0 Å². The molecule has 1 heteroatoms. The molecule has 1 nitrogen and oxygen atoms in total. The van der Waals surface area contributed by atoms with E-state index in [1.807, 2.05) is 0 Å². The Morgan fingerprint density at radius 2 is 2.07 bits per heavy atom. The lowest BCUT2D eigenvalue weighted by molar-refractivity contribution is 0.317. The Labute approximate surface area is 88.0 Å². The molecule has 0 aromatic heterocycles. The number of hydrogen-bond donors (Lipinski definition) is 1. The second kappa shape index (κ2) is 3.69. The van der Waals surface area contributed by atoms with Crippen LogP contribution in [-0.2, 0) is 0 Å². The fourth-order valence-corrected chi connectivity index (χ4v) is 2.66. The van der Waals surface area contributed by atoms with Crippen molar-refractivity contribution in [1.82, 2.24) is 5.32 Å². The maximum Gasteiger partial charge on any atom is 0.0122 e. The monoisotopic (exact) mass is 193 g/mol. The van der Waals surface area contributed by atoms with Gasteiger partial charge in [-0.2, -0.15) is 0 Å². The van der Waals surface area contributed by atoms with E-state index in [9.17, 15) is 0 Å². The molecular formula is C13H23N. The van der Waals surface area contributed by atoms with E-state index >= 15 is 0 Å². The fraction of sp³-hybridized carbons (Fsp3) is 0.846. The van der Waals surface area contributed by atoms with E-state index in [1.54, 1.807) is 0 Å². The zero-order chi connectivity index (χ0) is 10.2. The molecule has 0 radical (unpaired) electrons. The normalized spacial score (nSPS) is 35.5. The van der Waals surface area contributed by atoms with Gasteiger partial charge in [-0.15, -0.1) is 0 Å². The molecule has 2 rings (SSSR count). The zero-order valence-electron chi connectivity index (χ0n) is 9.72. The average molecular weight is 193 g/mol. The summed E-state index contributed by atoms with van der Waals surface area (Å²) in [6.45, 7) is 8.08. The van der Waals surface area contributed by atoms with E-state index in [1.165, 1.54) is 25.8 Å². The second-order valence-corrected chi connectivity index (χ2v) is 5.66. The molecule has 0 aromatic carbocycles. The highest BCUT2D eigenvalue weighted by molar-refractivity contribution is 5.10. The summed E-state index contributed by atoms with van der Waals surface area (Å²) in [4.78, 5) is 0. The van der Waals surface area contributed by atoms with Gasteiger partial charge in [0.15, 0.2) is 0 Å². The number of rotatable bonds is 4. The van der Waals surface area contributed by atoms with Crippen LogP contribution in [0, 0.1) is 17.8 Å². The van der Waals surface area contributed by atoms with Crippen LogP contribution in [0.4, 0.5) is 0 Å². The van der Waals surface area contributed by atoms with Crippen molar-refractivity contribution in [2.24, 2.45) is 17.8 Å². The van der Waals surface area contributed by atoms with Gasteiger partial charge in [0.1, 0.15) is 0 Å². The van der Waals surface area contributed by atoms with E-state index in [-0.39, 0.29) is 0 Å². The van der Waals surface area contributed by atoms with Crippen molar-refractivity contribution in [2.75, 3.05) is 6.54 Å². The van der Waals surface area contributed by atoms with E-state index < -0.39 is 0 Å². The molecule has 0 unspecified atom stereocenters. The molecule has 1 saturated carbocycles. The Morgan fingerprint density at radius 3 is 2.57 bits per heavy atom. The first-order chi connectivity index (χ1) is 6.61. The summed E-state index contributed by atoms with van der Waals surface area (Å²) >= 11 is 0. The standard InChI is InChI=1S/C13H23N/c1-4-13(2,3)14-9-12-8-10-5-6-11(12)7-10/h5-6,10-12,14H,4,7-9H2,1-3H3/t10-,11-,12-/m0/s1. The van der Waals surface area contributed by atoms with Crippen LogP contribution in [0.2, 0.25) is 0 Å². The van der Waals surface area contributed by atoms with Crippen molar-refractivity contribution in [2.45, 2.75) is 45.6 Å². The average Bonchev–Trinajstić information content (AvgIpc) is 2.76. The summed E-state index contributed by atoms with van der Waals surface area (Å²) < 4.78 is 0. The van der Waals surface area contributed by atoms with E-state index in [2.05, 4.69) is 38.2 Å². The van der Waals surface area contributed by atoms with Crippen LogP contribution >= 0.6 is 0 Å². The van der Waals surface area contributed by atoms with Gasteiger partial charge < -0.3 is 5.32 Å². The molecule has 14 heavy (non-hydrogen) atoms. The lowest BCUT2D eigenvalue weighted by Crippen LogP contribution is -2.42. The molecule has 2 aliphatic rings. The highest BCUT2D eigenvalue weighted by Gasteiger charge is 2.35. The lowest BCUT2D eigenvalue weighted by atomic mass is 9.92. The summed E-state index contributed by atoms with van der Waals surface area (Å²) in [5, 5.41) is 3.70. The molecule has 3 atom stereocenters. The first-order valence-electron chi connectivity index (χ1n) is 6.04. The van der Waals surface area contributed by atoms with Gasteiger partial charge in [-0.1, -0.05) is 19.1 Å². The Balaban J connectivity index is 1.80. The molecule has 80 valence electrons. The van der Waals surface area contributed by atoms with Gasteiger partial charge >= 0.3 is 0 Å². The Kier molecular flexibility index (Phi) is 2.70. The first-order valence-corrected chi connectivity index (χ1v) is 6.04. The number of fused-ring (bicyclic) bond motifs is 2. The molecule has 1 N–H and O–H groups in total. The van der Waals surface area contributed by atoms with Crippen LogP contribution in [0.15, 0.2) is 12.2 Å². The predicted octanol–water partition coefficient (Wildman–Crippen LogP) is 2.98. The van der Waals surface area contributed by atoms with Crippen molar-refractivity contribution < 1.29 is 0 Å². The highest BCUT2D eigenvalue weighted by atomic mass is 15.0. The maximum atomic E-state index is 3.70. The van der Waals surface area contributed by atoms with Crippen LogP contribution in [0.5, 0.6) is 0 Å². The molecular weight excluding hydrogens is 170 g/mol. The lowest BCUT2D eigenvalue weighted by Gasteiger charge is -2.28. The summed E-state index contributed by atoms with van der Waals surface area (Å²) in [5.74, 6) is 2.72. The fourth-order valence-electron chi connectivity index (χ4n) is 2.66. The summed E-state index contributed by atoms with van der Waals surface area (Å²) in [5.41, 5.74) is 0.325. The van der Waals surface area contributed by atoms with Gasteiger partial charge in [-0.3, -0.25) is 0 Å². The largest absolute Gasteiger partial charge is 0.312 e. The smallest absolute Gasteiger partial charge is 0.0122 e. The second-order valence-electron chi connectivity index (χ2n) is 5.66. The van der Waals surface area contributed by atoms with Crippen LogP contribution in [0.3, 0.4) is 0 Å². The number of nitrogens with one attached hydrogen (secondary N) is 1. The van der Waals surface area contributed by atoms with Crippen LogP contribution in [0.25, 0.3) is 0 Å². The molecule has 1 fully saturated rings. The van der Waals surface area contributed by atoms with Crippen LogP contribution in [-0.4, -0.2) is 12.1 Å².